The van der Waals surface area contributed by atoms with Crippen molar-refractivity contribution in [2.75, 3.05) is 19.8 Å². The standard InChI is InChI=1S/C20H20F3N3O.C20H24N4O2.C20H20N4O.C18H21N5O.C16H21N3O2.C15H20N4O/c21-20(22,23)17-9-5-4-6-13(17)10-14-11-18(27)16-12-24-26(19(16)25-14)15-7-2-1-3-8-15;1-2-26-17-11-7-6-8-14(17)12-18-22-19-16(20(25)23-18)13-21-24(19)15-9-4-3-5-10-15;21-12-15-6-4-5-14(9-15)10-16-11-19(25)18-13-22-24(20(18)23-16)17-7-2-1-3-8-17;1-12-6-5-9-19-15(12)10-16-21-17-14(18(24)22-16)11-20-23(17)13-7-3-2-4-8-13;20-15-8-12(7-11-3-1-4-11)18-16-14(15)9-17-19(16)13-5-2-6-21-10-13;20-15-12-9-16-19(11-4-2-1-3-5-11)14(12)17-13(18-15)8-10-6-7-10/h4-6,9,12,15H,1-3,7-8,10-11H2;6-8,11,13,15H,2-5,9-10,12H2,1H3,(H,22,23,25);4-6,9,13,17H,1-3,7-8,10-11H2;5-6,9,11,13H,2-4,7-8,10H2,1H3,(H,21,22,24);9,11,13H,1-8,10H2;9-11H,1-8H2,(H,17,18,20). The number of aryl methyl sites for hydroxylation is 1. The molecule has 10 aromatic heterocycles. The average molecular weight is 1940 g/mol. The second-order valence-corrected chi connectivity index (χ2v) is 40.3. The summed E-state index contributed by atoms with van der Waals surface area (Å²) in [4.78, 5) is 116. The number of carbonyl (C=O) groups is 3. The lowest BCUT2D eigenvalue weighted by Crippen LogP contribution is -2.24. The maximum Gasteiger partial charge on any atom is 0.416 e. The number of carbonyl (C=O) groups excluding carboxylic acids is 3. The van der Waals surface area contributed by atoms with Crippen LogP contribution in [0.25, 0.3) is 33.1 Å². The summed E-state index contributed by atoms with van der Waals surface area (Å²) in [6, 6.07) is 28.8. The van der Waals surface area contributed by atoms with E-state index in [1.807, 2.05) is 91.9 Å². The summed E-state index contributed by atoms with van der Waals surface area (Å²) >= 11 is 0. The number of nitriles is 1. The largest absolute Gasteiger partial charge is 0.494 e. The molecule has 143 heavy (non-hydrogen) atoms. The van der Waals surface area contributed by atoms with Crippen LogP contribution in [0.2, 0.25) is 0 Å². The Morgan fingerprint density at radius 2 is 0.860 bits per heavy atom. The molecule has 746 valence electrons. The second-order valence-electron chi connectivity index (χ2n) is 40.3. The van der Waals surface area contributed by atoms with Gasteiger partial charge in [-0.3, -0.25) is 33.8 Å². The van der Waals surface area contributed by atoms with Crippen LogP contribution in [-0.2, 0) is 43.0 Å². The molecule has 0 bridgehead atoms. The van der Waals surface area contributed by atoms with Gasteiger partial charge in [0.25, 0.3) is 16.7 Å². The first-order valence-electron chi connectivity index (χ1n) is 52.0. The van der Waals surface area contributed by atoms with Crippen molar-refractivity contribution in [3.63, 3.8) is 0 Å². The van der Waals surface area contributed by atoms with E-state index in [0.717, 1.165) is 190 Å². The zero-order valence-electron chi connectivity index (χ0n) is 81.7. The maximum absolute atomic E-state index is 13.3. The molecule has 8 fully saturated rings. The molecule has 7 saturated carbocycles. The molecule has 1 atom stereocenters. The third-order valence-electron chi connectivity index (χ3n) is 29.9. The Morgan fingerprint density at radius 3 is 1.33 bits per heavy atom. The summed E-state index contributed by atoms with van der Waals surface area (Å²) in [7, 11) is 0. The van der Waals surface area contributed by atoms with E-state index in [1.165, 1.54) is 128 Å². The topological polar surface area (TPSA) is 388 Å². The number of fused-ring (bicyclic) bond motifs is 6. The van der Waals surface area contributed by atoms with Crippen LogP contribution in [-0.4, -0.2) is 148 Å². The molecule has 24 rings (SSSR count). The zero-order valence-corrected chi connectivity index (χ0v) is 81.7. The van der Waals surface area contributed by atoms with E-state index in [2.05, 4.69) is 61.6 Å². The molecule has 4 aliphatic heterocycles. The van der Waals surface area contributed by atoms with Crippen LogP contribution >= 0.6 is 0 Å². The van der Waals surface area contributed by atoms with Crippen molar-refractivity contribution in [3.8, 4) is 11.8 Å². The highest BCUT2D eigenvalue weighted by Gasteiger charge is 2.38. The highest BCUT2D eigenvalue weighted by molar-refractivity contribution is 6.17. The molecule has 1 unspecified atom stereocenters. The summed E-state index contributed by atoms with van der Waals surface area (Å²) in [5.41, 5.74) is 10.3. The third-order valence-corrected chi connectivity index (χ3v) is 29.9. The van der Waals surface area contributed by atoms with Gasteiger partial charge >= 0.3 is 6.18 Å². The van der Waals surface area contributed by atoms with Crippen LogP contribution in [0.5, 0.6) is 5.75 Å². The van der Waals surface area contributed by atoms with E-state index in [-0.39, 0.29) is 64.5 Å². The van der Waals surface area contributed by atoms with E-state index in [1.54, 1.807) is 60.2 Å². The number of aromatic nitrogens is 19. The number of ketones is 3. The molecule has 13 aromatic rings. The molecule has 0 radical (unpaired) electrons. The Hall–Kier alpha value is -13.5. The number of hydrogen-bond donors (Lipinski definition) is 3. The van der Waals surface area contributed by atoms with Gasteiger partial charge in [-0.1, -0.05) is 170 Å². The summed E-state index contributed by atoms with van der Waals surface area (Å²) in [6.07, 6.45) is 49.5. The predicted octanol–water partition coefficient (Wildman–Crippen LogP) is 21.7. The van der Waals surface area contributed by atoms with Crippen molar-refractivity contribution < 1.29 is 37.0 Å². The smallest absolute Gasteiger partial charge is 0.416 e. The molecule has 3 N–H and O–H groups in total. The lowest BCUT2D eigenvalue weighted by Gasteiger charge is -2.27. The summed E-state index contributed by atoms with van der Waals surface area (Å²) in [6.45, 7) is 6.09. The Labute approximate surface area is 827 Å². The minimum atomic E-state index is -4.43. The number of nitrogens with one attached hydrogen (secondary N) is 3. The van der Waals surface area contributed by atoms with Crippen molar-refractivity contribution in [3.05, 3.63) is 233 Å². The Kier molecular flexibility index (Phi) is 31.2. The lowest BCUT2D eigenvalue weighted by atomic mass is 9.80. The van der Waals surface area contributed by atoms with Crippen molar-refractivity contribution in [2.24, 2.45) is 26.8 Å². The Balaban J connectivity index is 0.000000109. The number of alkyl halides is 3. The fraction of sp³-hybridized carbons (Fsp3) is 0.505. The number of para-hydroxylation sites is 1. The Morgan fingerprint density at radius 1 is 0.427 bits per heavy atom. The average Bonchev–Trinajstić information content (AvgIpc) is 1.67. The predicted molar refractivity (Wildman–Crippen MR) is 540 cm³/mol. The van der Waals surface area contributed by atoms with E-state index in [4.69, 9.17) is 39.7 Å². The number of aromatic amines is 3. The molecule has 34 heteroatoms. The fourth-order valence-electron chi connectivity index (χ4n) is 21.9. The highest BCUT2D eigenvalue weighted by Crippen LogP contribution is 2.43. The van der Waals surface area contributed by atoms with Gasteiger partial charge in [-0.2, -0.15) is 49.0 Å². The number of aliphatic imine (C=N–C) groups is 3. The first kappa shape index (κ1) is 98.3. The number of Topliss-reactive ketones (excluding diaryl/α,β-unsaturated/α-hetero) is 3. The molecular formula is C109H126F3N23O8. The van der Waals surface area contributed by atoms with Gasteiger partial charge in [0.1, 0.15) is 39.4 Å². The minimum absolute atomic E-state index is 0.0106. The number of H-pyrrole nitrogens is 3. The van der Waals surface area contributed by atoms with Gasteiger partial charge in [0.2, 0.25) is 0 Å². The van der Waals surface area contributed by atoms with Crippen LogP contribution in [0.15, 0.2) is 158 Å². The number of rotatable bonds is 20. The molecular weight excluding hydrogens is 1820 g/mol. The van der Waals surface area contributed by atoms with Crippen LogP contribution in [0.4, 0.5) is 30.6 Å². The molecule has 1 saturated heterocycles. The number of hydrogen-bond acceptors (Lipinski definition) is 22. The van der Waals surface area contributed by atoms with E-state index < -0.39 is 11.7 Å². The molecule has 3 aromatic carbocycles. The molecule has 0 spiro atoms. The second kappa shape index (κ2) is 45.4. The fourth-order valence-corrected chi connectivity index (χ4v) is 21.9. The number of nitrogens with zero attached hydrogens (tertiary/aromatic N) is 20. The van der Waals surface area contributed by atoms with Gasteiger partial charge in [0, 0.05) is 74.0 Å². The van der Waals surface area contributed by atoms with Gasteiger partial charge < -0.3 is 24.4 Å². The van der Waals surface area contributed by atoms with Crippen LogP contribution in [0.3, 0.4) is 0 Å². The quantitative estimate of drug-likeness (QED) is 0.0638. The van der Waals surface area contributed by atoms with Crippen molar-refractivity contribution in [1.29, 1.82) is 5.26 Å². The van der Waals surface area contributed by atoms with Crippen molar-refractivity contribution in [1.82, 2.24) is 93.6 Å². The van der Waals surface area contributed by atoms with Crippen molar-refractivity contribution >= 4 is 85.0 Å². The number of benzene rings is 3. The normalized spacial score (nSPS) is 18.8. The van der Waals surface area contributed by atoms with Crippen molar-refractivity contribution in [2.45, 2.75) is 320 Å². The summed E-state index contributed by atoms with van der Waals surface area (Å²) in [5, 5.41) is 37.5. The SMILES string of the molecule is CCOc1ccccc1Cc1nc2c(cnn2C2CCCCC2)c(=O)[nH]1.Cc1cccnc1Cc1nc2c(cnn2C2CCCCC2)c(=O)[nH]1.N#Cc1cccc(CC2=Nc3c(cnn3C3CCCCC3)C(=O)C2)c1.O=C1CC(CC2CCC2)=Nc2c1cnn2C1CCCOC1.O=C1CC(Cc2ccccc2C(F)(F)F)=Nc2c1cnn2C1CCCCC1.O=c1[nH]c(CC2CC2)nc2c1cnn2C1CCCCC1. The lowest BCUT2D eigenvalue weighted by molar-refractivity contribution is -0.138. The molecule has 11 aliphatic rings. The van der Waals surface area contributed by atoms with E-state index >= 15 is 0 Å². The highest BCUT2D eigenvalue weighted by atomic mass is 19.4. The van der Waals surface area contributed by atoms with Gasteiger partial charge in [-0.25, -0.2) is 58.0 Å². The number of halogens is 3. The third kappa shape index (κ3) is 23.6. The van der Waals surface area contributed by atoms with Crippen LogP contribution in [0, 0.1) is 30.1 Å². The minimum Gasteiger partial charge on any atom is -0.494 e. The first-order chi connectivity index (χ1) is 69.8. The van der Waals surface area contributed by atoms with E-state index in [9.17, 15) is 41.9 Å². The molecule has 0 amide bonds. The summed E-state index contributed by atoms with van der Waals surface area (Å²) in [5.74, 6) is 6.59. The number of ether oxygens (including phenoxy) is 2. The zero-order chi connectivity index (χ0) is 98.5. The van der Waals surface area contributed by atoms with Crippen LogP contribution in [0.1, 0.15) is 362 Å². The number of pyridine rings is 1. The van der Waals surface area contributed by atoms with Gasteiger partial charge in [-0.15, -0.1) is 0 Å². The van der Waals surface area contributed by atoms with Gasteiger partial charge in [0.05, 0.1) is 139 Å². The maximum atomic E-state index is 13.3. The van der Waals surface area contributed by atoms with Gasteiger partial charge in [0.15, 0.2) is 51.7 Å². The monoisotopic (exact) mass is 1940 g/mol. The summed E-state index contributed by atoms with van der Waals surface area (Å²) < 4.78 is 62.6. The first-order valence-corrected chi connectivity index (χ1v) is 52.0. The molecule has 7 aliphatic carbocycles. The van der Waals surface area contributed by atoms with E-state index in [0.29, 0.717) is 142 Å². The van der Waals surface area contributed by atoms with Crippen LogP contribution < -0.4 is 21.4 Å². The van der Waals surface area contributed by atoms with Gasteiger partial charge in [-0.05, 0) is 169 Å². The Bertz CT molecular complexity index is 7050. The molecule has 31 nitrogen and oxygen atoms in total. The molecule has 14 heterocycles.